The Hall–Kier alpha value is -0.680. The first-order valence-electron chi connectivity index (χ1n) is 5.94. The second kappa shape index (κ2) is 5.10. The molecule has 90 valence electrons. The Labute approximate surface area is 101 Å². The third-order valence-corrected chi connectivity index (χ3v) is 3.59. The van der Waals surface area contributed by atoms with Gasteiger partial charge in [0.25, 0.3) is 0 Å². The van der Waals surface area contributed by atoms with Gasteiger partial charge in [-0.25, -0.2) is 0 Å². The van der Waals surface area contributed by atoms with E-state index in [1.807, 2.05) is 0 Å². The van der Waals surface area contributed by atoms with Gasteiger partial charge in [-0.3, -0.25) is 5.10 Å². The van der Waals surface area contributed by atoms with Gasteiger partial charge >= 0.3 is 0 Å². The molecule has 5 heteroatoms. The van der Waals surface area contributed by atoms with Gasteiger partial charge in [0.05, 0.1) is 6.10 Å². The molecule has 2 atom stereocenters. The van der Waals surface area contributed by atoms with Gasteiger partial charge in [-0.2, -0.15) is 5.10 Å². The zero-order valence-corrected chi connectivity index (χ0v) is 10.7. The minimum atomic E-state index is 0.385. The molecule has 0 radical (unpaired) electrons. The standard InChI is InChI=1S/C11H19N3OS/c1-3-4-10-12-13-11(16)14(10)8-5-6-9(7-8)15-2/h8-9H,3-7H2,1-2H3,(H,13,16). The number of hydrogen-bond acceptors (Lipinski definition) is 3. The Kier molecular flexibility index (Phi) is 3.76. The van der Waals surface area contributed by atoms with Crippen LogP contribution >= 0.6 is 12.2 Å². The van der Waals surface area contributed by atoms with Gasteiger partial charge < -0.3 is 9.30 Å². The lowest BCUT2D eigenvalue weighted by atomic mass is 10.2. The summed E-state index contributed by atoms with van der Waals surface area (Å²) in [5.74, 6) is 1.09. The predicted octanol–water partition coefficient (Wildman–Crippen LogP) is 2.63. The average molecular weight is 241 g/mol. The molecule has 1 aliphatic carbocycles. The molecule has 2 rings (SSSR count). The van der Waals surface area contributed by atoms with Crippen molar-refractivity contribution < 1.29 is 4.74 Å². The monoisotopic (exact) mass is 241 g/mol. The Morgan fingerprint density at radius 1 is 1.56 bits per heavy atom. The summed E-state index contributed by atoms with van der Waals surface area (Å²) in [6.07, 6.45) is 5.79. The summed E-state index contributed by atoms with van der Waals surface area (Å²) >= 11 is 5.30. The second-order valence-corrected chi connectivity index (χ2v) is 4.78. The molecule has 2 unspecified atom stereocenters. The number of hydrogen-bond donors (Lipinski definition) is 1. The minimum Gasteiger partial charge on any atom is -0.381 e. The van der Waals surface area contributed by atoms with Crippen LogP contribution in [0.2, 0.25) is 0 Å². The number of aromatic nitrogens is 3. The van der Waals surface area contributed by atoms with E-state index < -0.39 is 0 Å². The lowest BCUT2D eigenvalue weighted by molar-refractivity contribution is 0.105. The summed E-state index contributed by atoms with van der Waals surface area (Å²) in [5.41, 5.74) is 0. The lowest BCUT2D eigenvalue weighted by Crippen LogP contribution is -2.12. The van der Waals surface area contributed by atoms with Crippen LogP contribution in [0, 0.1) is 4.77 Å². The molecule has 0 aromatic carbocycles. The Balaban J connectivity index is 2.19. The van der Waals surface area contributed by atoms with Crippen molar-refractivity contribution in [1.82, 2.24) is 14.8 Å². The highest BCUT2D eigenvalue weighted by Crippen LogP contribution is 2.32. The summed E-state index contributed by atoms with van der Waals surface area (Å²) in [6, 6.07) is 0.470. The molecule has 16 heavy (non-hydrogen) atoms. The van der Waals surface area contributed by atoms with E-state index in [2.05, 4.69) is 21.7 Å². The van der Waals surface area contributed by atoms with Gasteiger partial charge in [-0.15, -0.1) is 0 Å². The molecule has 1 aromatic rings. The van der Waals surface area contributed by atoms with E-state index in [0.717, 1.165) is 42.7 Å². The molecule has 0 saturated heterocycles. The summed E-state index contributed by atoms with van der Waals surface area (Å²) in [7, 11) is 1.79. The minimum absolute atomic E-state index is 0.385. The molecular weight excluding hydrogens is 222 g/mol. The molecule has 0 bridgehead atoms. The molecule has 0 spiro atoms. The van der Waals surface area contributed by atoms with E-state index in [9.17, 15) is 0 Å². The van der Waals surface area contributed by atoms with Crippen molar-refractivity contribution in [2.75, 3.05) is 7.11 Å². The quantitative estimate of drug-likeness (QED) is 0.824. The van der Waals surface area contributed by atoms with Crippen LogP contribution in [0.25, 0.3) is 0 Å². The van der Waals surface area contributed by atoms with Crippen LogP contribution in [-0.2, 0) is 11.2 Å². The van der Waals surface area contributed by atoms with Gasteiger partial charge in [0.15, 0.2) is 4.77 Å². The highest BCUT2D eigenvalue weighted by molar-refractivity contribution is 7.71. The van der Waals surface area contributed by atoms with Gasteiger partial charge in [0.1, 0.15) is 5.82 Å². The van der Waals surface area contributed by atoms with E-state index in [4.69, 9.17) is 17.0 Å². The maximum atomic E-state index is 5.40. The highest BCUT2D eigenvalue weighted by atomic mass is 32.1. The molecular formula is C11H19N3OS. The Bertz CT molecular complexity index is 398. The van der Waals surface area contributed by atoms with E-state index in [0.29, 0.717) is 12.1 Å². The topological polar surface area (TPSA) is 42.8 Å². The third kappa shape index (κ3) is 2.20. The third-order valence-electron chi connectivity index (χ3n) is 3.31. The van der Waals surface area contributed by atoms with Gasteiger partial charge in [0.2, 0.25) is 0 Å². The van der Waals surface area contributed by atoms with Crippen LogP contribution in [0.1, 0.15) is 44.5 Å². The first-order valence-corrected chi connectivity index (χ1v) is 6.35. The van der Waals surface area contributed by atoms with Crippen molar-refractivity contribution in [2.45, 2.75) is 51.2 Å². The lowest BCUT2D eigenvalue weighted by Gasteiger charge is -2.14. The zero-order valence-electron chi connectivity index (χ0n) is 9.90. The number of nitrogens with zero attached hydrogens (tertiary/aromatic N) is 2. The fourth-order valence-electron chi connectivity index (χ4n) is 2.48. The normalized spacial score (nSPS) is 25.1. The summed E-state index contributed by atoms with van der Waals surface area (Å²) in [6.45, 7) is 2.16. The second-order valence-electron chi connectivity index (χ2n) is 4.39. The number of H-pyrrole nitrogens is 1. The van der Waals surface area contributed by atoms with E-state index in [1.165, 1.54) is 0 Å². The summed E-state index contributed by atoms with van der Waals surface area (Å²) in [5, 5.41) is 7.21. The van der Waals surface area contributed by atoms with Crippen LogP contribution < -0.4 is 0 Å². The molecule has 4 nitrogen and oxygen atoms in total. The maximum absolute atomic E-state index is 5.40. The number of rotatable bonds is 4. The average Bonchev–Trinajstić information content (AvgIpc) is 2.86. The molecule has 0 amide bonds. The largest absolute Gasteiger partial charge is 0.381 e. The Morgan fingerprint density at radius 3 is 3.00 bits per heavy atom. The molecule has 1 N–H and O–H groups in total. The van der Waals surface area contributed by atoms with Gasteiger partial charge in [-0.05, 0) is 37.9 Å². The number of aromatic amines is 1. The van der Waals surface area contributed by atoms with Crippen LogP contribution in [0.4, 0.5) is 0 Å². The molecule has 1 heterocycles. The summed E-state index contributed by atoms with van der Waals surface area (Å²) in [4.78, 5) is 0. The highest BCUT2D eigenvalue weighted by Gasteiger charge is 2.27. The van der Waals surface area contributed by atoms with E-state index >= 15 is 0 Å². The molecule has 0 aliphatic heterocycles. The van der Waals surface area contributed by atoms with Gasteiger partial charge in [0, 0.05) is 19.6 Å². The van der Waals surface area contributed by atoms with Gasteiger partial charge in [-0.1, -0.05) is 6.92 Å². The Morgan fingerprint density at radius 2 is 2.38 bits per heavy atom. The molecule has 1 aliphatic rings. The smallest absolute Gasteiger partial charge is 0.195 e. The SMILES string of the molecule is CCCc1n[nH]c(=S)n1C1CCC(OC)C1. The fourth-order valence-corrected chi connectivity index (χ4v) is 2.78. The first-order chi connectivity index (χ1) is 7.76. The van der Waals surface area contributed by atoms with Crippen molar-refractivity contribution in [3.05, 3.63) is 10.6 Å². The van der Waals surface area contributed by atoms with Crippen molar-refractivity contribution >= 4 is 12.2 Å². The number of nitrogens with one attached hydrogen (secondary N) is 1. The van der Waals surface area contributed by atoms with E-state index in [-0.39, 0.29) is 0 Å². The number of ether oxygens (including phenoxy) is 1. The van der Waals surface area contributed by atoms with Crippen molar-refractivity contribution in [2.24, 2.45) is 0 Å². The summed E-state index contributed by atoms with van der Waals surface area (Å²) < 4.78 is 8.35. The zero-order chi connectivity index (χ0) is 11.5. The fraction of sp³-hybridized carbons (Fsp3) is 0.818. The van der Waals surface area contributed by atoms with Crippen molar-refractivity contribution in [3.8, 4) is 0 Å². The first kappa shape index (κ1) is 11.8. The van der Waals surface area contributed by atoms with Crippen molar-refractivity contribution in [3.63, 3.8) is 0 Å². The number of aryl methyl sites for hydroxylation is 1. The van der Waals surface area contributed by atoms with Crippen molar-refractivity contribution in [1.29, 1.82) is 0 Å². The maximum Gasteiger partial charge on any atom is 0.195 e. The molecule has 1 fully saturated rings. The number of methoxy groups -OCH3 is 1. The predicted molar refractivity (Wildman–Crippen MR) is 65.1 cm³/mol. The van der Waals surface area contributed by atoms with Crippen LogP contribution in [0.3, 0.4) is 0 Å². The van der Waals surface area contributed by atoms with E-state index in [1.54, 1.807) is 7.11 Å². The molecule has 1 saturated carbocycles. The van der Waals surface area contributed by atoms with Crippen LogP contribution in [0.5, 0.6) is 0 Å². The van der Waals surface area contributed by atoms with Crippen LogP contribution in [0.15, 0.2) is 0 Å². The van der Waals surface area contributed by atoms with Crippen LogP contribution in [-0.4, -0.2) is 28.0 Å². The molecule has 1 aromatic heterocycles.